The van der Waals surface area contributed by atoms with E-state index in [4.69, 9.17) is 4.74 Å². The van der Waals surface area contributed by atoms with E-state index in [9.17, 15) is 5.11 Å². The van der Waals surface area contributed by atoms with Crippen molar-refractivity contribution in [2.75, 3.05) is 0 Å². The average molecular weight is 317 g/mol. The van der Waals surface area contributed by atoms with Gasteiger partial charge in [-0.2, -0.15) is 0 Å². The Labute approximate surface area is 118 Å². The number of hydrogen-bond donors (Lipinski definition) is 1. The Morgan fingerprint density at radius 2 is 1.53 bits per heavy atom. The molecule has 0 radical (unpaired) electrons. The molecule has 2 atom stereocenters. The third kappa shape index (κ3) is 2.96. The van der Waals surface area contributed by atoms with Crippen LogP contribution in [0.2, 0.25) is 0 Å². The Balaban J connectivity index is 1.79. The molecule has 1 heterocycles. The van der Waals surface area contributed by atoms with Gasteiger partial charge in [0, 0.05) is 0 Å². The summed E-state index contributed by atoms with van der Waals surface area (Å²) in [4.78, 5) is 0. The zero-order chi connectivity index (χ0) is 13.1. The Bertz CT molecular complexity index is 566. The van der Waals surface area contributed by atoms with Gasteiger partial charge in [0.05, 0.1) is 0 Å². The summed E-state index contributed by atoms with van der Waals surface area (Å²) in [6.07, 6.45) is 1.15. The minimum absolute atomic E-state index is 0.115. The van der Waals surface area contributed by atoms with Crippen LogP contribution in [0, 0.1) is 0 Å². The van der Waals surface area contributed by atoms with E-state index in [1.165, 1.54) is 4.46 Å². The zero-order valence-corrected chi connectivity index (χ0v) is 12.0. The van der Waals surface area contributed by atoms with E-state index in [1.807, 2.05) is 54.6 Å². The molecule has 0 bridgehead atoms. The van der Waals surface area contributed by atoms with Crippen LogP contribution in [0.3, 0.4) is 0 Å². The fraction of sp³-hybridized carbons (Fsp3) is 0.125. The Hall–Kier alpha value is -1.38. The molecule has 1 aliphatic rings. The summed E-state index contributed by atoms with van der Waals surface area (Å²) in [5.74, 6) is 0. The Morgan fingerprint density at radius 1 is 0.895 bits per heavy atom. The van der Waals surface area contributed by atoms with Crippen molar-refractivity contribution in [2.45, 2.75) is 12.4 Å². The molecule has 19 heavy (non-hydrogen) atoms. The van der Waals surface area contributed by atoms with Crippen LogP contribution < -0.4 is 4.46 Å². The molecule has 2 aromatic carbocycles. The third-order valence-electron chi connectivity index (χ3n) is 2.94. The van der Waals surface area contributed by atoms with E-state index in [2.05, 4.69) is 12.1 Å². The number of hydrogen-bond acceptors (Lipinski definition) is 2. The number of rotatable bonds is 3. The summed E-state index contributed by atoms with van der Waals surface area (Å²) in [5.41, 5.74) is 1.08. The molecule has 3 heteroatoms. The van der Waals surface area contributed by atoms with Crippen LogP contribution in [0.5, 0.6) is 0 Å². The molecule has 3 rings (SSSR count). The van der Waals surface area contributed by atoms with Crippen LogP contribution in [0.1, 0.15) is 11.7 Å². The fourth-order valence-corrected chi connectivity index (χ4v) is 3.92. The molecule has 0 aromatic heterocycles. The van der Waals surface area contributed by atoms with Crippen LogP contribution >= 0.6 is 0 Å². The molecule has 0 aliphatic carbocycles. The van der Waals surface area contributed by atoms with E-state index >= 15 is 0 Å². The zero-order valence-electron chi connectivity index (χ0n) is 10.3. The molecule has 0 fully saturated rings. The Morgan fingerprint density at radius 3 is 2.21 bits per heavy atom. The van der Waals surface area contributed by atoms with Crippen molar-refractivity contribution in [3.63, 3.8) is 0 Å². The SMILES string of the molecule is OC1OC(c2ccccc2)C=C1[Se]c1ccccc1. The second-order valence-electron chi connectivity index (χ2n) is 4.30. The van der Waals surface area contributed by atoms with Gasteiger partial charge in [-0.25, -0.2) is 0 Å². The number of benzene rings is 2. The summed E-state index contributed by atoms with van der Waals surface area (Å²) in [6.45, 7) is 0. The first-order chi connectivity index (χ1) is 9.33. The number of aliphatic hydroxyl groups excluding tert-OH is 1. The van der Waals surface area contributed by atoms with Gasteiger partial charge < -0.3 is 0 Å². The quantitative estimate of drug-likeness (QED) is 0.878. The van der Waals surface area contributed by atoms with E-state index in [1.54, 1.807) is 0 Å². The maximum absolute atomic E-state index is 10.0. The number of aliphatic hydroxyl groups is 1. The van der Waals surface area contributed by atoms with Gasteiger partial charge in [0.1, 0.15) is 0 Å². The summed E-state index contributed by atoms with van der Waals surface area (Å²) in [5, 5.41) is 10.0. The van der Waals surface area contributed by atoms with Gasteiger partial charge >= 0.3 is 118 Å². The second kappa shape index (κ2) is 5.72. The van der Waals surface area contributed by atoms with Crippen LogP contribution in [0.4, 0.5) is 0 Å². The van der Waals surface area contributed by atoms with Crippen LogP contribution in [-0.2, 0) is 4.74 Å². The van der Waals surface area contributed by atoms with Crippen molar-refractivity contribution >= 4 is 19.4 Å². The van der Waals surface area contributed by atoms with E-state index < -0.39 is 6.29 Å². The van der Waals surface area contributed by atoms with Crippen LogP contribution in [0.15, 0.2) is 71.2 Å². The molecular weight excluding hydrogens is 303 g/mol. The molecule has 1 aliphatic heterocycles. The number of ether oxygens (including phenoxy) is 1. The molecule has 2 unspecified atom stereocenters. The predicted molar refractivity (Wildman–Crippen MR) is 76.2 cm³/mol. The van der Waals surface area contributed by atoms with Crippen molar-refractivity contribution in [1.29, 1.82) is 0 Å². The fourth-order valence-electron chi connectivity index (χ4n) is 2.00. The molecule has 1 N–H and O–H groups in total. The third-order valence-corrected chi connectivity index (χ3v) is 5.21. The molecule has 96 valence electrons. The molecule has 0 saturated heterocycles. The van der Waals surface area contributed by atoms with Gasteiger partial charge in [0.15, 0.2) is 0 Å². The predicted octanol–water partition coefficient (Wildman–Crippen LogP) is 1.99. The van der Waals surface area contributed by atoms with Crippen molar-refractivity contribution in [3.05, 3.63) is 76.8 Å². The summed E-state index contributed by atoms with van der Waals surface area (Å²) >= 11 is 0.115. The molecule has 0 spiro atoms. The van der Waals surface area contributed by atoms with Gasteiger partial charge in [0.2, 0.25) is 0 Å². The molecular formula is C16H14O2Se. The van der Waals surface area contributed by atoms with Gasteiger partial charge in [-0.1, -0.05) is 0 Å². The molecule has 2 aromatic rings. The first kappa shape index (κ1) is 12.6. The minimum atomic E-state index is -0.773. The monoisotopic (exact) mass is 318 g/mol. The summed E-state index contributed by atoms with van der Waals surface area (Å²) in [7, 11) is 0. The van der Waals surface area contributed by atoms with Crippen molar-refractivity contribution in [3.8, 4) is 0 Å². The van der Waals surface area contributed by atoms with Crippen molar-refractivity contribution < 1.29 is 9.84 Å². The topological polar surface area (TPSA) is 29.5 Å². The van der Waals surface area contributed by atoms with Gasteiger partial charge in [-0.3, -0.25) is 0 Å². The van der Waals surface area contributed by atoms with Gasteiger partial charge in [-0.15, -0.1) is 0 Å². The first-order valence-electron chi connectivity index (χ1n) is 6.16. The molecule has 0 saturated carbocycles. The Kier molecular flexibility index (Phi) is 3.81. The van der Waals surface area contributed by atoms with Crippen molar-refractivity contribution in [2.24, 2.45) is 0 Å². The standard InChI is InChI=1S/C16H14O2Se/c17-16-15(19-13-9-5-2-6-10-13)11-14(18-16)12-7-3-1-4-8-12/h1-11,14,16-17H. The van der Waals surface area contributed by atoms with E-state index in [0.29, 0.717) is 0 Å². The van der Waals surface area contributed by atoms with Gasteiger partial charge in [0.25, 0.3) is 0 Å². The average Bonchev–Trinajstić information content (AvgIpc) is 2.82. The summed E-state index contributed by atoms with van der Waals surface area (Å²) < 4.78 is 7.85. The normalized spacial score (nSPS) is 22.3. The molecule has 0 amide bonds. The van der Waals surface area contributed by atoms with Crippen LogP contribution in [0.25, 0.3) is 0 Å². The van der Waals surface area contributed by atoms with Crippen molar-refractivity contribution in [1.82, 2.24) is 0 Å². The first-order valence-corrected chi connectivity index (χ1v) is 7.87. The maximum atomic E-state index is 10.0. The van der Waals surface area contributed by atoms with E-state index in [0.717, 1.165) is 10.0 Å². The van der Waals surface area contributed by atoms with Gasteiger partial charge in [-0.05, 0) is 0 Å². The second-order valence-corrected chi connectivity index (χ2v) is 6.71. The van der Waals surface area contributed by atoms with Crippen LogP contribution in [-0.4, -0.2) is 26.4 Å². The van der Waals surface area contributed by atoms with E-state index in [-0.39, 0.29) is 21.1 Å². The molecule has 2 nitrogen and oxygen atoms in total. The summed E-state index contributed by atoms with van der Waals surface area (Å²) in [6, 6.07) is 20.2.